The van der Waals surface area contributed by atoms with E-state index in [9.17, 15) is 18.0 Å². The first-order valence-corrected chi connectivity index (χ1v) is 5.01. The molecule has 94 valence electrons. The maximum absolute atomic E-state index is 11.8. The number of anilines is 1. The smallest absolute Gasteiger partial charge is 0.376 e. The molecule has 0 spiro atoms. The van der Waals surface area contributed by atoms with E-state index >= 15 is 0 Å². The highest BCUT2D eigenvalue weighted by molar-refractivity contribution is 5.80. The van der Waals surface area contributed by atoms with Crippen molar-refractivity contribution in [2.75, 3.05) is 18.4 Å². The molecule has 2 N–H and O–H groups in total. The Morgan fingerprint density at radius 1 is 1.35 bits per heavy atom. The normalized spacial score (nSPS) is 11.1. The minimum Gasteiger partial charge on any atom is -0.376 e. The van der Waals surface area contributed by atoms with Gasteiger partial charge in [-0.25, -0.2) is 0 Å². The fraction of sp³-hybridized carbons (Fsp3) is 0.364. The van der Waals surface area contributed by atoms with Crippen molar-refractivity contribution >= 4 is 11.6 Å². The molecule has 0 radical (unpaired) electrons. The van der Waals surface area contributed by atoms with Gasteiger partial charge in [-0.15, -0.1) is 0 Å². The van der Waals surface area contributed by atoms with Gasteiger partial charge < -0.3 is 10.6 Å². The first-order chi connectivity index (χ1) is 7.87. The number of hydrogen-bond donors (Lipinski definition) is 2. The number of halogens is 3. The number of nitrogens with one attached hydrogen (secondary N) is 2. The summed E-state index contributed by atoms with van der Waals surface area (Å²) in [5.74, 6) is -0.691. The predicted octanol–water partition coefficient (Wildman–Crippen LogP) is 2.09. The standard InChI is InChI=1S/C11H13F3N2O/c1-8-3-2-4-9(5-8)15-6-10(17)16-7-11(12,13)14/h2-5,15H,6-7H2,1H3,(H,16,17). The van der Waals surface area contributed by atoms with Crippen LogP contribution in [-0.4, -0.2) is 25.2 Å². The molecule has 0 heterocycles. The van der Waals surface area contributed by atoms with Crippen molar-refractivity contribution < 1.29 is 18.0 Å². The molecule has 1 amide bonds. The van der Waals surface area contributed by atoms with E-state index < -0.39 is 18.6 Å². The summed E-state index contributed by atoms with van der Waals surface area (Å²) in [6.45, 7) is 0.399. The van der Waals surface area contributed by atoms with Gasteiger partial charge in [-0.1, -0.05) is 12.1 Å². The zero-order valence-electron chi connectivity index (χ0n) is 9.27. The highest BCUT2D eigenvalue weighted by Crippen LogP contribution is 2.12. The minimum absolute atomic E-state index is 0.181. The summed E-state index contributed by atoms with van der Waals surface area (Å²) in [6.07, 6.45) is -4.38. The lowest BCUT2D eigenvalue weighted by atomic mass is 10.2. The second-order valence-corrected chi connectivity index (χ2v) is 3.61. The van der Waals surface area contributed by atoms with E-state index in [1.165, 1.54) is 0 Å². The SMILES string of the molecule is Cc1cccc(NCC(=O)NCC(F)(F)F)c1. The van der Waals surface area contributed by atoms with Gasteiger partial charge in [0.05, 0.1) is 6.54 Å². The number of carbonyl (C=O) groups is 1. The molecule has 0 saturated carbocycles. The van der Waals surface area contributed by atoms with Crippen LogP contribution in [0.25, 0.3) is 0 Å². The van der Waals surface area contributed by atoms with E-state index in [4.69, 9.17) is 0 Å². The molecule has 6 heteroatoms. The second-order valence-electron chi connectivity index (χ2n) is 3.61. The van der Waals surface area contributed by atoms with Crippen LogP contribution in [0, 0.1) is 6.92 Å². The third-order valence-electron chi connectivity index (χ3n) is 1.96. The van der Waals surface area contributed by atoms with Gasteiger partial charge in [0.1, 0.15) is 6.54 Å². The molecule has 1 aromatic carbocycles. The molecule has 0 saturated heterocycles. The molecular weight excluding hydrogens is 233 g/mol. The lowest BCUT2D eigenvalue weighted by Gasteiger charge is -2.10. The highest BCUT2D eigenvalue weighted by atomic mass is 19.4. The topological polar surface area (TPSA) is 41.1 Å². The minimum atomic E-state index is -4.38. The van der Waals surface area contributed by atoms with Gasteiger partial charge in [-0.3, -0.25) is 4.79 Å². The van der Waals surface area contributed by atoms with Crippen molar-refractivity contribution in [1.82, 2.24) is 5.32 Å². The summed E-state index contributed by atoms with van der Waals surface area (Å²) >= 11 is 0. The van der Waals surface area contributed by atoms with Gasteiger partial charge in [0, 0.05) is 5.69 Å². The van der Waals surface area contributed by atoms with E-state index in [-0.39, 0.29) is 6.54 Å². The summed E-state index contributed by atoms with van der Waals surface area (Å²) in [5, 5.41) is 4.52. The molecular formula is C11H13F3N2O. The van der Waals surface area contributed by atoms with E-state index in [0.29, 0.717) is 5.69 Å². The van der Waals surface area contributed by atoms with Crippen molar-refractivity contribution in [2.24, 2.45) is 0 Å². The first-order valence-electron chi connectivity index (χ1n) is 5.01. The highest BCUT2D eigenvalue weighted by Gasteiger charge is 2.27. The summed E-state index contributed by atoms with van der Waals surface area (Å²) in [5.41, 5.74) is 1.71. The molecule has 0 aliphatic carbocycles. The van der Waals surface area contributed by atoms with Crippen LogP contribution in [-0.2, 0) is 4.79 Å². The number of aryl methyl sites for hydroxylation is 1. The Bertz CT molecular complexity index is 391. The van der Waals surface area contributed by atoms with Crippen molar-refractivity contribution in [3.63, 3.8) is 0 Å². The summed E-state index contributed by atoms with van der Waals surface area (Å²) in [7, 11) is 0. The van der Waals surface area contributed by atoms with Crippen molar-refractivity contribution in [2.45, 2.75) is 13.1 Å². The van der Waals surface area contributed by atoms with Gasteiger partial charge in [-0.2, -0.15) is 13.2 Å². The van der Waals surface area contributed by atoms with Crippen molar-refractivity contribution in [3.8, 4) is 0 Å². The Balaban J connectivity index is 2.33. The van der Waals surface area contributed by atoms with Crippen molar-refractivity contribution in [3.05, 3.63) is 29.8 Å². The van der Waals surface area contributed by atoms with Gasteiger partial charge in [-0.05, 0) is 24.6 Å². The first kappa shape index (κ1) is 13.3. The zero-order chi connectivity index (χ0) is 12.9. The lowest BCUT2D eigenvalue weighted by Crippen LogP contribution is -2.37. The molecule has 1 rings (SSSR count). The van der Waals surface area contributed by atoms with Crippen LogP contribution in [0.2, 0.25) is 0 Å². The summed E-state index contributed by atoms with van der Waals surface area (Å²) in [6, 6.07) is 7.22. The number of hydrogen-bond acceptors (Lipinski definition) is 2. The Labute approximate surface area is 97.0 Å². The van der Waals surface area contributed by atoms with Gasteiger partial charge in [0.15, 0.2) is 0 Å². The molecule has 3 nitrogen and oxygen atoms in total. The number of benzene rings is 1. The van der Waals surface area contributed by atoms with Crippen LogP contribution in [0.1, 0.15) is 5.56 Å². The summed E-state index contributed by atoms with van der Waals surface area (Å²) in [4.78, 5) is 11.1. The van der Waals surface area contributed by atoms with E-state index in [2.05, 4.69) is 5.32 Å². The van der Waals surface area contributed by atoms with Gasteiger partial charge >= 0.3 is 6.18 Å². The fourth-order valence-electron chi connectivity index (χ4n) is 1.20. The van der Waals surface area contributed by atoms with Crippen LogP contribution >= 0.6 is 0 Å². The monoisotopic (exact) mass is 246 g/mol. The molecule has 0 unspecified atom stereocenters. The number of rotatable bonds is 4. The molecule has 0 bridgehead atoms. The molecule has 1 aromatic rings. The molecule has 0 atom stereocenters. The molecule has 0 aliphatic heterocycles. The van der Waals surface area contributed by atoms with E-state index in [0.717, 1.165) is 5.56 Å². The lowest BCUT2D eigenvalue weighted by molar-refractivity contribution is -0.137. The fourth-order valence-corrected chi connectivity index (χ4v) is 1.20. The van der Waals surface area contributed by atoms with Crippen LogP contribution < -0.4 is 10.6 Å². The van der Waals surface area contributed by atoms with Crippen molar-refractivity contribution in [1.29, 1.82) is 0 Å². The molecule has 0 aromatic heterocycles. The molecule has 0 aliphatic rings. The number of amides is 1. The third kappa shape index (κ3) is 5.79. The van der Waals surface area contributed by atoms with E-state index in [1.807, 2.05) is 13.0 Å². The predicted molar refractivity (Wildman–Crippen MR) is 58.7 cm³/mol. The van der Waals surface area contributed by atoms with Gasteiger partial charge in [0.25, 0.3) is 0 Å². The average molecular weight is 246 g/mol. The van der Waals surface area contributed by atoms with Crippen LogP contribution in [0.5, 0.6) is 0 Å². The van der Waals surface area contributed by atoms with Crippen LogP contribution in [0.4, 0.5) is 18.9 Å². The maximum atomic E-state index is 11.8. The second kappa shape index (κ2) is 5.56. The zero-order valence-corrected chi connectivity index (χ0v) is 9.27. The number of carbonyl (C=O) groups excluding carboxylic acids is 1. The summed E-state index contributed by atoms with van der Waals surface area (Å²) < 4.78 is 35.4. The Hall–Kier alpha value is -1.72. The molecule has 17 heavy (non-hydrogen) atoms. The van der Waals surface area contributed by atoms with Crippen LogP contribution in [0.3, 0.4) is 0 Å². The number of alkyl halides is 3. The van der Waals surface area contributed by atoms with Crippen LogP contribution in [0.15, 0.2) is 24.3 Å². The Kier molecular flexibility index (Phi) is 4.37. The molecule has 0 fully saturated rings. The van der Waals surface area contributed by atoms with Gasteiger partial charge in [0.2, 0.25) is 5.91 Å². The Morgan fingerprint density at radius 2 is 2.06 bits per heavy atom. The van der Waals surface area contributed by atoms with E-state index in [1.54, 1.807) is 23.5 Å². The quantitative estimate of drug-likeness (QED) is 0.854. The third-order valence-corrected chi connectivity index (χ3v) is 1.96. The Morgan fingerprint density at radius 3 is 2.65 bits per heavy atom. The largest absolute Gasteiger partial charge is 0.405 e. The maximum Gasteiger partial charge on any atom is 0.405 e. The average Bonchev–Trinajstić information content (AvgIpc) is 2.23.